The molecule has 1 fully saturated rings. The number of halogens is 2. The average Bonchev–Trinajstić information content (AvgIpc) is 3.17. The topological polar surface area (TPSA) is 59.3 Å². The Morgan fingerprint density at radius 3 is 2.47 bits per heavy atom. The molecule has 1 aromatic carbocycles. The summed E-state index contributed by atoms with van der Waals surface area (Å²) in [7, 11) is 0. The number of hydrogen-bond acceptors (Lipinski definition) is 4. The molecule has 1 aliphatic carbocycles. The second-order valence-corrected chi connectivity index (χ2v) is 9.27. The van der Waals surface area contributed by atoms with Gasteiger partial charge in [-0.15, -0.1) is 11.3 Å². The number of aryl methyl sites for hydroxylation is 1. The summed E-state index contributed by atoms with van der Waals surface area (Å²) in [6.07, 6.45) is 1.69. The van der Waals surface area contributed by atoms with Gasteiger partial charge in [0.25, 0.3) is 5.91 Å². The van der Waals surface area contributed by atoms with Crippen LogP contribution in [0.4, 0.5) is 8.78 Å². The Balaban J connectivity index is 1.63. The van der Waals surface area contributed by atoms with Gasteiger partial charge in [-0.1, -0.05) is 19.9 Å². The number of carbonyl (C=O) groups excluding carboxylic acids is 1. The summed E-state index contributed by atoms with van der Waals surface area (Å²) in [4.78, 5) is 17.7. The lowest BCUT2D eigenvalue weighted by molar-refractivity contribution is 0.0927. The van der Waals surface area contributed by atoms with E-state index in [-0.39, 0.29) is 17.4 Å². The minimum Gasteiger partial charge on any atom is -0.341 e. The summed E-state index contributed by atoms with van der Waals surface area (Å²) in [6, 6.07) is 7.25. The number of rotatable bonds is 5. The maximum Gasteiger partial charge on any atom is 0.253 e. The Morgan fingerprint density at radius 1 is 1.16 bits per heavy atom. The van der Waals surface area contributed by atoms with Crippen LogP contribution in [0.2, 0.25) is 0 Å². The van der Waals surface area contributed by atoms with Gasteiger partial charge in [-0.05, 0) is 49.9 Å². The van der Waals surface area contributed by atoms with Crippen molar-refractivity contribution in [3.8, 4) is 11.1 Å². The van der Waals surface area contributed by atoms with Crippen molar-refractivity contribution in [1.82, 2.24) is 19.9 Å². The summed E-state index contributed by atoms with van der Waals surface area (Å²) in [5.41, 5.74) is 4.78. The van der Waals surface area contributed by atoms with Crippen LogP contribution in [0.1, 0.15) is 60.0 Å². The van der Waals surface area contributed by atoms with Gasteiger partial charge in [0.05, 0.1) is 44.8 Å². The third-order valence-corrected chi connectivity index (χ3v) is 6.62. The van der Waals surface area contributed by atoms with E-state index in [1.165, 1.54) is 29.5 Å². The zero-order valence-corrected chi connectivity index (χ0v) is 18.8. The molecular weight excluding hydrogens is 430 g/mol. The number of hydrogen-bond donors (Lipinski definition) is 1. The molecule has 1 aliphatic rings. The van der Waals surface area contributed by atoms with Crippen molar-refractivity contribution in [2.24, 2.45) is 0 Å². The fourth-order valence-corrected chi connectivity index (χ4v) is 4.99. The standard InChI is InChI=1S/C24H22F2N4OS/c1-13(2)22-15(23(31)28-24(9-10-24)19-11-32-12-27-19)7-8-18-20(14(3)29-30(18)22)21-16(25)5-4-6-17(21)26/h4-8,11-13H,9-10H2,1-3H3,(H,28,31). The third kappa shape index (κ3) is 3.21. The zero-order valence-electron chi connectivity index (χ0n) is 17.9. The summed E-state index contributed by atoms with van der Waals surface area (Å²) in [5, 5.41) is 9.72. The molecule has 0 radical (unpaired) electrons. The Bertz CT molecular complexity index is 1320. The number of fused-ring (bicyclic) bond motifs is 1. The van der Waals surface area contributed by atoms with Crippen molar-refractivity contribution in [2.45, 2.75) is 45.1 Å². The minimum absolute atomic E-state index is 0.0495. The van der Waals surface area contributed by atoms with E-state index in [4.69, 9.17) is 0 Å². The summed E-state index contributed by atoms with van der Waals surface area (Å²) in [6.45, 7) is 5.66. The van der Waals surface area contributed by atoms with Gasteiger partial charge in [0, 0.05) is 10.9 Å². The predicted molar refractivity (Wildman–Crippen MR) is 120 cm³/mol. The van der Waals surface area contributed by atoms with Gasteiger partial charge in [0.1, 0.15) is 11.6 Å². The molecule has 164 valence electrons. The predicted octanol–water partition coefficient (Wildman–Crippen LogP) is 5.59. The number of amides is 1. The molecule has 8 heteroatoms. The quantitative estimate of drug-likeness (QED) is 0.430. The molecule has 0 unspecified atom stereocenters. The molecule has 4 aromatic rings. The highest BCUT2D eigenvalue weighted by molar-refractivity contribution is 7.07. The second-order valence-electron chi connectivity index (χ2n) is 8.55. The van der Waals surface area contributed by atoms with Crippen LogP contribution in [0, 0.1) is 18.6 Å². The number of thiazole rings is 1. The highest BCUT2D eigenvalue weighted by Crippen LogP contribution is 2.45. The van der Waals surface area contributed by atoms with Crippen LogP contribution in [0.15, 0.2) is 41.2 Å². The van der Waals surface area contributed by atoms with E-state index in [0.29, 0.717) is 28.0 Å². The first-order chi connectivity index (χ1) is 15.3. The van der Waals surface area contributed by atoms with E-state index in [2.05, 4.69) is 15.4 Å². The molecule has 3 heterocycles. The summed E-state index contributed by atoms with van der Waals surface area (Å²) < 4.78 is 30.8. The first-order valence-corrected chi connectivity index (χ1v) is 11.4. The Kier molecular flexibility index (Phi) is 4.85. The monoisotopic (exact) mass is 452 g/mol. The second kappa shape index (κ2) is 7.48. The first-order valence-electron chi connectivity index (χ1n) is 10.5. The molecule has 1 amide bonds. The van der Waals surface area contributed by atoms with E-state index in [9.17, 15) is 13.6 Å². The lowest BCUT2D eigenvalue weighted by Crippen LogP contribution is -2.36. The van der Waals surface area contributed by atoms with Crippen molar-refractivity contribution >= 4 is 22.8 Å². The third-order valence-electron chi connectivity index (χ3n) is 6.04. The normalized spacial score (nSPS) is 14.8. The van der Waals surface area contributed by atoms with Gasteiger partial charge >= 0.3 is 0 Å². The molecule has 0 aliphatic heterocycles. The number of nitrogens with one attached hydrogen (secondary N) is 1. The Morgan fingerprint density at radius 2 is 1.88 bits per heavy atom. The van der Waals surface area contributed by atoms with Crippen LogP contribution in [-0.4, -0.2) is 20.5 Å². The number of carbonyl (C=O) groups is 1. The molecule has 1 saturated carbocycles. The Hall–Kier alpha value is -3.13. The van der Waals surface area contributed by atoms with Crippen LogP contribution in [0.5, 0.6) is 0 Å². The largest absolute Gasteiger partial charge is 0.341 e. The highest BCUT2D eigenvalue weighted by Gasteiger charge is 2.47. The molecule has 32 heavy (non-hydrogen) atoms. The smallest absolute Gasteiger partial charge is 0.253 e. The average molecular weight is 453 g/mol. The zero-order chi connectivity index (χ0) is 22.6. The van der Waals surface area contributed by atoms with Gasteiger partial charge < -0.3 is 5.32 Å². The van der Waals surface area contributed by atoms with E-state index in [0.717, 1.165) is 18.5 Å². The maximum absolute atomic E-state index is 14.6. The van der Waals surface area contributed by atoms with Gasteiger partial charge in [0.15, 0.2) is 0 Å². The fraction of sp³-hybridized carbons (Fsp3) is 0.292. The number of aromatic nitrogens is 3. The summed E-state index contributed by atoms with van der Waals surface area (Å²) >= 11 is 1.51. The molecule has 1 N–H and O–H groups in total. The van der Waals surface area contributed by atoms with Crippen molar-refractivity contribution in [3.05, 3.63) is 75.5 Å². The van der Waals surface area contributed by atoms with E-state index >= 15 is 0 Å². The van der Waals surface area contributed by atoms with Gasteiger partial charge in [-0.25, -0.2) is 18.3 Å². The van der Waals surface area contributed by atoms with Crippen molar-refractivity contribution in [1.29, 1.82) is 0 Å². The van der Waals surface area contributed by atoms with Crippen LogP contribution in [0.25, 0.3) is 16.6 Å². The van der Waals surface area contributed by atoms with Crippen LogP contribution in [-0.2, 0) is 5.54 Å². The van der Waals surface area contributed by atoms with Crippen LogP contribution >= 0.6 is 11.3 Å². The fourth-order valence-electron chi connectivity index (χ4n) is 4.34. The van der Waals surface area contributed by atoms with E-state index < -0.39 is 17.2 Å². The molecule has 3 aromatic heterocycles. The molecule has 5 rings (SSSR count). The van der Waals surface area contributed by atoms with E-state index in [1.54, 1.807) is 29.1 Å². The SMILES string of the molecule is Cc1nn2c(C(C)C)c(C(=O)NC3(c4cscn4)CC3)ccc2c1-c1c(F)cccc1F. The maximum atomic E-state index is 14.6. The van der Waals surface area contributed by atoms with Crippen molar-refractivity contribution < 1.29 is 13.6 Å². The number of nitrogens with zero attached hydrogens (tertiary/aromatic N) is 3. The molecule has 0 bridgehead atoms. The summed E-state index contributed by atoms with van der Waals surface area (Å²) in [5.74, 6) is -1.54. The van der Waals surface area contributed by atoms with Crippen molar-refractivity contribution in [2.75, 3.05) is 0 Å². The first kappa shape index (κ1) is 20.8. The lowest BCUT2D eigenvalue weighted by atomic mass is 9.99. The minimum atomic E-state index is -0.644. The number of pyridine rings is 1. The molecule has 0 atom stereocenters. The van der Waals surface area contributed by atoms with Crippen LogP contribution in [0.3, 0.4) is 0 Å². The molecular formula is C24H22F2N4OS. The molecule has 0 saturated heterocycles. The van der Waals surface area contributed by atoms with Gasteiger partial charge in [-0.3, -0.25) is 4.79 Å². The van der Waals surface area contributed by atoms with Crippen molar-refractivity contribution in [3.63, 3.8) is 0 Å². The molecule has 5 nitrogen and oxygen atoms in total. The Labute approximate surface area is 188 Å². The van der Waals surface area contributed by atoms with Gasteiger partial charge in [-0.2, -0.15) is 5.10 Å². The molecule has 0 spiro atoms. The number of benzene rings is 1. The van der Waals surface area contributed by atoms with Gasteiger partial charge in [0.2, 0.25) is 0 Å². The van der Waals surface area contributed by atoms with Crippen LogP contribution < -0.4 is 5.32 Å². The highest BCUT2D eigenvalue weighted by atomic mass is 32.1. The lowest BCUT2D eigenvalue weighted by Gasteiger charge is -2.19. The van der Waals surface area contributed by atoms with E-state index in [1.807, 2.05) is 19.2 Å².